The van der Waals surface area contributed by atoms with Crippen LogP contribution in [-0.2, 0) is 11.2 Å². The van der Waals surface area contributed by atoms with E-state index in [1.54, 1.807) is 12.1 Å². The summed E-state index contributed by atoms with van der Waals surface area (Å²) in [5.74, 6) is 0.570. The standard InChI is InChI=1S/C23H18ClN3O2/c24-19-13-11-17(12-14-19)21(25-20(28)15-16-7-3-1-4-8-16)23-27-26-22(29-23)18-9-5-2-6-10-18/h1-14,21H,15H2,(H,25,28)/t21-/m1/s1. The quantitative estimate of drug-likeness (QED) is 0.500. The monoisotopic (exact) mass is 403 g/mol. The molecule has 144 valence electrons. The zero-order valence-electron chi connectivity index (χ0n) is 15.5. The number of rotatable bonds is 6. The Morgan fingerprint density at radius 3 is 2.24 bits per heavy atom. The maximum absolute atomic E-state index is 12.7. The molecule has 5 nitrogen and oxygen atoms in total. The van der Waals surface area contributed by atoms with Crippen LogP contribution in [0.15, 0.2) is 89.3 Å². The molecule has 0 bridgehead atoms. The number of aromatic nitrogens is 2. The zero-order valence-corrected chi connectivity index (χ0v) is 16.2. The molecule has 0 spiro atoms. The van der Waals surface area contributed by atoms with Gasteiger partial charge in [0.1, 0.15) is 6.04 Å². The van der Waals surface area contributed by atoms with Crippen LogP contribution in [0.3, 0.4) is 0 Å². The Hall–Kier alpha value is -3.44. The Kier molecular flexibility index (Phi) is 5.68. The fourth-order valence-corrected chi connectivity index (χ4v) is 3.11. The summed E-state index contributed by atoms with van der Waals surface area (Å²) in [4.78, 5) is 12.7. The molecule has 0 saturated carbocycles. The molecule has 0 aliphatic heterocycles. The number of amides is 1. The van der Waals surface area contributed by atoms with Crippen molar-refractivity contribution in [2.75, 3.05) is 0 Å². The number of halogens is 1. The van der Waals surface area contributed by atoms with Gasteiger partial charge in [-0.3, -0.25) is 4.79 Å². The predicted octanol–water partition coefficient (Wildman–Crippen LogP) is 4.84. The van der Waals surface area contributed by atoms with Crippen molar-refractivity contribution in [1.82, 2.24) is 15.5 Å². The number of benzene rings is 3. The second-order valence-corrected chi connectivity index (χ2v) is 6.96. The van der Waals surface area contributed by atoms with E-state index in [-0.39, 0.29) is 12.3 Å². The fourth-order valence-electron chi connectivity index (χ4n) is 2.98. The molecule has 4 rings (SSSR count). The van der Waals surface area contributed by atoms with Crippen LogP contribution in [0.4, 0.5) is 0 Å². The minimum Gasteiger partial charge on any atom is -0.418 e. The smallest absolute Gasteiger partial charge is 0.247 e. The number of carbonyl (C=O) groups excluding carboxylic acids is 1. The Labute approximate surface area is 173 Å². The molecule has 6 heteroatoms. The molecule has 4 aromatic rings. The van der Waals surface area contributed by atoms with Gasteiger partial charge in [-0.15, -0.1) is 10.2 Å². The lowest BCUT2D eigenvalue weighted by Crippen LogP contribution is -2.30. The van der Waals surface area contributed by atoms with Crippen molar-refractivity contribution in [1.29, 1.82) is 0 Å². The molecule has 29 heavy (non-hydrogen) atoms. The lowest BCUT2D eigenvalue weighted by atomic mass is 10.1. The molecular weight excluding hydrogens is 386 g/mol. The van der Waals surface area contributed by atoms with Crippen molar-refractivity contribution >= 4 is 17.5 Å². The molecule has 1 aromatic heterocycles. The molecule has 0 saturated heterocycles. The predicted molar refractivity (Wildman–Crippen MR) is 111 cm³/mol. The topological polar surface area (TPSA) is 68.0 Å². The minimum absolute atomic E-state index is 0.143. The first-order valence-electron chi connectivity index (χ1n) is 9.16. The highest BCUT2D eigenvalue weighted by Gasteiger charge is 2.23. The van der Waals surface area contributed by atoms with Gasteiger partial charge >= 0.3 is 0 Å². The van der Waals surface area contributed by atoms with Gasteiger partial charge < -0.3 is 9.73 Å². The molecule has 0 aliphatic rings. The van der Waals surface area contributed by atoms with Crippen LogP contribution in [0.1, 0.15) is 23.1 Å². The fraction of sp³-hybridized carbons (Fsp3) is 0.0870. The van der Waals surface area contributed by atoms with Crippen LogP contribution in [0.2, 0.25) is 5.02 Å². The van der Waals surface area contributed by atoms with Crippen LogP contribution >= 0.6 is 11.6 Å². The highest BCUT2D eigenvalue weighted by molar-refractivity contribution is 6.30. The van der Waals surface area contributed by atoms with Crippen molar-refractivity contribution in [2.45, 2.75) is 12.5 Å². The lowest BCUT2D eigenvalue weighted by Gasteiger charge is -2.16. The van der Waals surface area contributed by atoms with E-state index < -0.39 is 6.04 Å². The zero-order chi connectivity index (χ0) is 20.1. The Balaban J connectivity index is 1.61. The van der Waals surface area contributed by atoms with Gasteiger partial charge in [0.25, 0.3) is 0 Å². The van der Waals surface area contributed by atoms with Crippen molar-refractivity contribution in [2.24, 2.45) is 0 Å². The van der Waals surface area contributed by atoms with Crippen LogP contribution in [-0.4, -0.2) is 16.1 Å². The molecule has 0 radical (unpaired) electrons. The summed E-state index contributed by atoms with van der Waals surface area (Å²) in [5, 5.41) is 11.9. The van der Waals surface area contributed by atoms with Crippen LogP contribution in [0, 0.1) is 0 Å². The van der Waals surface area contributed by atoms with Gasteiger partial charge in [-0.1, -0.05) is 72.3 Å². The van der Waals surface area contributed by atoms with E-state index in [2.05, 4.69) is 15.5 Å². The van der Waals surface area contributed by atoms with E-state index in [9.17, 15) is 4.79 Å². The summed E-state index contributed by atoms with van der Waals surface area (Å²) in [7, 11) is 0. The number of nitrogens with zero attached hydrogens (tertiary/aromatic N) is 2. The molecule has 3 aromatic carbocycles. The van der Waals surface area contributed by atoms with E-state index >= 15 is 0 Å². The van der Waals surface area contributed by atoms with Crippen molar-refractivity contribution in [3.63, 3.8) is 0 Å². The van der Waals surface area contributed by atoms with E-state index in [0.29, 0.717) is 16.8 Å². The van der Waals surface area contributed by atoms with Crippen molar-refractivity contribution in [3.8, 4) is 11.5 Å². The average Bonchev–Trinajstić information content (AvgIpc) is 3.24. The molecule has 1 atom stereocenters. The number of nitrogens with one attached hydrogen (secondary N) is 1. The summed E-state index contributed by atoms with van der Waals surface area (Å²) < 4.78 is 5.90. The maximum atomic E-state index is 12.7. The number of hydrogen-bond donors (Lipinski definition) is 1. The van der Waals surface area contributed by atoms with Gasteiger partial charge in [0.05, 0.1) is 6.42 Å². The minimum atomic E-state index is -0.576. The maximum Gasteiger partial charge on any atom is 0.247 e. The number of carbonyl (C=O) groups is 1. The van der Waals surface area contributed by atoms with Gasteiger partial charge in [0, 0.05) is 10.6 Å². The Bertz CT molecular complexity index is 1080. The highest BCUT2D eigenvalue weighted by Crippen LogP contribution is 2.26. The normalized spacial score (nSPS) is 11.8. The molecule has 0 aliphatic carbocycles. The van der Waals surface area contributed by atoms with Gasteiger partial charge in [-0.05, 0) is 35.4 Å². The van der Waals surface area contributed by atoms with Crippen LogP contribution in [0.25, 0.3) is 11.5 Å². The van der Waals surface area contributed by atoms with E-state index in [4.69, 9.17) is 16.0 Å². The third kappa shape index (κ3) is 4.70. The summed E-state index contributed by atoms with van der Waals surface area (Å²) in [6, 6.07) is 25.7. The summed E-state index contributed by atoms with van der Waals surface area (Å²) in [5.41, 5.74) is 2.55. The largest absolute Gasteiger partial charge is 0.418 e. The Morgan fingerprint density at radius 2 is 1.55 bits per heavy atom. The average molecular weight is 404 g/mol. The van der Waals surface area contributed by atoms with Crippen LogP contribution in [0.5, 0.6) is 0 Å². The first kappa shape index (κ1) is 18.9. The van der Waals surface area contributed by atoms with Gasteiger partial charge in [0.2, 0.25) is 17.7 Å². The molecule has 1 amide bonds. The Morgan fingerprint density at radius 1 is 0.897 bits per heavy atom. The molecular formula is C23H18ClN3O2. The van der Waals surface area contributed by atoms with Crippen molar-refractivity contribution in [3.05, 3.63) is 107 Å². The highest BCUT2D eigenvalue weighted by atomic mass is 35.5. The van der Waals surface area contributed by atoms with E-state index in [1.807, 2.05) is 72.8 Å². The SMILES string of the molecule is O=C(Cc1ccccc1)N[C@H](c1ccc(Cl)cc1)c1nnc(-c2ccccc2)o1. The van der Waals surface area contributed by atoms with Gasteiger partial charge in [0.15, 0.2) is 0 Å². The molecule has 0 fully saturated rings. The molecule has 0 unspecified atom stereocenters. The third-order valence-electron chi connectivity index (χ3n) is 4.42. The van der Waals surface area contributed by atoms with Crippen molar-refractivity contribution < 1.29 is 9.21 Å². The second-order valence-electron chi connectivity index (χ2n) is 6.53. The van der Waals surface area contributed by atoms with E-state index in [0.717, 1.165) is 16.7 Å². The summed E-state index contributed by atoms with van der Waals surface area (Å²) in [6.45, 7) is 0. The molecule has 1 N–H and O–H groups in total. The number of hydrogen-bond acceptors (Lipinski definition) is 4. The van der Waals surface area contributed by atoms with Crippen LogP contribution < -0.4 is 5.32 Å². The second kappa shape index (κ2) is 8.71. The summed E-state index contributed by atoms with van der Waals surface area (Å²) in [6.07, 6.45) is 0.255. The summed E-state index contributed by atoms with van der Waals surface area (Å²) >= 11 is 6.02. The first-order chi connectivity index (χ1) is 14.2. The lowest BCUT2D eigenvalue weighted by molar-refractivity contribution is -0.121. The van der Waals surface area contributed by atoms with Gasteiger partial charge in [-0.25, -0.2) is 0 Å². The van der Waals surface area contributed by atoms with Gasteiger partial charge in [-0.2, -0.15) is 0 Å². The first-order valence-corrected chi connectivity index (χ1v) is 9.54. The van der Waals surface area contributed by atoms with E-state index in [1.165, 1.54) is 0 Å². The molecule has 1 heterocycles. The third-order valence-corrected chi connectivity index (χ3v) is 4.68.